The van der Waals surface area contributed by atoms with Crippen LogP contribution in [0.25, 0.3) is 0 Å². The number of aromatic nitrogens is 2. The maximum absolute atomic E-state index is 12.1. The van der Waals surface area contributed by atoms with Gasteiger partial charge in [-0.3, -0.25) is 9.59 Å². The number of imidazole rings is 1. The first-order valence-corrected chi connectivity index (χ1v) is 7.06. The monoisotopic (exact) mass is 301 g/mol. The third kappa shape index (κ3) is 4.73. The summed E-state index contributed by atoms with van der Waals surface area (Å²) in [5.41, 5.74) is 0.879. The van der Waals surface area contributed by atoms with E-state index in [1.807, 2.05) is 34.9 Å². The molecule has 0 spiro atoms. The van der Waals surface area contributed by atoms with E-state index >= 15 is 0 Å². The van der Waals surface area contributed by atoms with Crippen molar-refractivity contribution < 1.29 is 14.3 Å². The summed E-state index contributed by atoms with van der Waals surface area (Å²) >= 11 is 0. The van der Waals surface area contributed by atoms with Gasteiger partial charge in [-0.2, -0.15) is 0 Å². The van der Waals surface area contributed by atoms with Gasteiger partial charge in [-0.15, -0.1) is 0 Å². The molecule has 0 aliphatic carbocycles. The fraction of sp³-hybridized carbons (Fsp3) is 0.312. The summed E-state index contributed by atoms with van der Waals surface area (Å²) in [4.78, 5) is 27.6. The lowest BCUT2D eigenvalue weighted by Gasteiger charge is -2.18. The van der Waals surface area contributed by atoms with Gasteiger partial charge in [0, 0.05) is 25.4 Å². The predicted molar refractivity (Wildman–Crippen MR) is 80.8 cm³/mol. The molecule has 0 bridgehead atoms. The van der Waals surface area contributed by atoms with E-state index in [-0.39, 0.29) is 24.3 Å². The van der Waals surface area contributed by atoms with Crippen LogP contribution in [-0.4, -0.2) is 28.5 Å². The summed E-state index contributed by atoms with van der Waals surface area (Å²) in [7, 11) is 1.34. The third-order valence-electron chi connectivity index (χ3n) is 3.29. The van der Waals surface area contributed by atoms with E-state index in [0.717, 1.165) is 5.56 Å². The first-order valence-electron chi connectivity index (χ1n) is 7.06. The lowest BCUT2D eigenvalue weighted by atomic mass is 10.0. The quantitative estimate of drug-likeness (QED) is 0.790. The molecule has 116 valence electrons. The molecule has 1 N–H and O–H groups in total. The van der Waals surface area contributed by atoms with Crippen LogP contribution in [0.4, 0.5) is 0 Å². The summed E-state index contributed by atoms with van der Waals surface area (Å²) in [6, 6.07) is 9.01. The van der Waals surface area contributed by atoms with Gasteiger partial charge in [0.1, 0.15) is 0 Å². The molecule has 1 aromatic heterocycles. The van der Waals surface area contributed by atoms with E-state index in [1.165, 1.54) is 7.11 Å². The highest BCUT2D eigenvalue weighted by Gasteiger charge is 2.18. The number of nitrogens with zero attached hydrogens (tertiary/aromatic N) is 2. The second-order valence-electron chi connectivity index (χ2n) is 4.86. The van der Waals surface area contributed by atoms with Gasteiger partial charge in [0.05, 0.1) is 25.9 Å². The number of rotatable bonds is 7. The molecular weight excluding hydrogens is 282 g/mol. The molecule has 2 aromatic rings. The minimum absolute atomic E-state index is 0.108. The Morgan fingerprint density at radius 1 is 1.32 bits per heavy atom. The van der Waals surface area contributed by atoms with E-state index in [9.17, 15) is 9.59 Å². The zero-order valence-corrected chi connectivity index (χ0v) is 12.4. The maximum atomic E-state index is 12.1. The highest BCUT2D eigenvalue weighted by atomic mass is 16.5. The van der Waals surface area contributed by atoms with Crippen LogP contribution in [-0.2, 0) is 20.9 Å². The number of methoxy groups -OCH3 is 1. The third-order valence-corrected chi connectivity index (χ3v) is 3.29. The lowest BCUT2D eigenvalue weighted by Crippen LogP contribution is -2.31. The van der Waals surface area contributed by atoms with Crippen LogP contribution in [0.2, 0.25) is 0 Å². The number of hydrogen-bond acceptors (Lipinski definition) is 4. The van der Waals surface area contributed by atoms with Crippen molar-refractivity contribution in [3.8, 4) is 0 Å². The molecular formula is C16H19N3O3. The van der Waals surface area contributed by atoms with Crippen molar-refractivity contribution in [1.82, 2.24) is 14.9 Å². The molecule has 2 rings (SSSR count). The topological polar surface area (TPSA) is 73.2 Å². The molecule has 1 aromatic carbocycles. The van der Waals surface area contributed by atoms with Crippen LogP contribution in [0.1, 0.15) is 24.4 Å². The van der Waals surface area contributed by atoms with E-state index in [4.69, 9.17) is 4.74 Å². The molecule has 0 unspecified atom stereocenters. The molecule has 0 aliphatic rings. The summed E-state index contributed by atoms with van der Waals surface area (Å²) in [5, 5.41) is 2.89. The zero-order valence-electron chi connectivity index (χ0n) is 12.4. The number of amides is 1. The van der Waals surface area contributed by atoms with Crippen LogP contribution in [0.3, 0.4) is 0 Å². The Kier molecular flexibility index (Phi) is 5.71. The normalized spacial score (nSPS) is 11.7. The van der Waals surface area contributed by atoms with E-state index < -0.39 is 0 Å². The van der Waals surface area contributed by atoms with Crippen molar-refractivity contribution in [3.63, 3.8) is 0 Å². The van der Waals surface area contributed by atoms with E-state index in [0.29, 0.717) is 13.0 Å². The van der Waals surface area contributed by atoms with Gasteiger partial charge in [0.15, 0.2) is 0 Å². The molecule has 0 fully saturated rings. The number of carbonyl (C=O) groups excluding carboxylic acids is 2. The minimum atomic E-state index is -0.385. The Labute approximate surface area is 129 Å². The summed E-state index contributed by atoms with van der Waals surface area (Å²) < 4.78 is 6.53. The van der Waals surface area contributed by atoms with Gasteiger partial charge >= 0.3 is 5.97 Å². The van der Waals surface area contributed by atoms with Crippen LogP contribution < -0.4 is 5.32 Å². The van der Waals surface area contributed by atoms with Crippen molar-refractivity contribution in [3.05, 3.63) is 54.6 Å². The fourth-order valence-electron chi connectivity index (χ4n) is 2.10. The summed E-state index contributed by atoms with van der Waals surface area (Å²) in [6.07, 6.45) is 5.56. The SMILES string of the molecule is COC(=O)C[C@H](NC(=O)CCn1ccnc1)c1ccccc1. The molecule has 1 heterocycles. The second kappa shape index (κ2) is 7.97. The van der Waals surface area contributed by atoms with Gasteiger partial charge in [-0.25, -0.2) is 4.98 Å². The number of carbonyl (C=O) groups is 2. The predicted octanol–water partition coefficient (Wildman–Crippen LogP) is 1.69. The highest BCUT2D eigenvalue weighted by Crippen LogP contribution is 2.17. The average Bonchev–Trinajstić information content (AvgIpc) is 3.06. The Bertz CT molecular complexity index is 596. The first-order chi connectivity index (χ1) is 10.7. The van der Waals surface area contributed by atoms with Crippen molar-refractivity contribution in [2.45, 2.75) is 25.4 Å². The number of nitrogens with one attached hydrogen (secondary N) is 1. The van der Waals surface area contributed by atoms with E-state index in [1.54, 1.807) is 18.7 Å². The lowest BCUT2D eigenvalue weighted by molar-refractivity contribution is -0.141. The number of aryl methyl sites for hydroxylation is 1. The number of benzene rings is 1. The van der Waals surface area contributed by atoms with Gasteiger partial charge in [-0.1, -0.05) is 30.3 Å². The molecule has 0 aliphatic heterocycles. The van der Waals surface area contributed by atoms with Gasteiger partial charge in [-0.05, 0) is 5.56 Å². The largest absolute Gasteiger partial charge is 0.469 e. The van der Waals surface area contributed by atoms with Crippen LogP contribution in [0, 0.1) is 0 Å². The molecule has 6 nitrogen and oxygen atoms in total. The van der Waals surface area contributed by atoms with Crippen molar-refractivity contribution in [1.29, 1.82) is 0 Å². The standard InChI is InChI=1S/C16H19N3O3/c1-22-16(21)11-14(13-5-3-2-4-6-13)18-15(20)7-9-19-10-8-17-12-19/h2-6,8,10,12,14H,7,9,11H2,1H3,(H,18,20)/t14-/m0/s1. The fourth-order valence-corrected chi connectivity index (χ4v) is 2.10. The second-order valence-corrected chi connectivity index (χ2v) is 4.86. The number of esters is 1. The Morgan fingerprint density at radius 3 is 2.73 bits per heavy atom. The molecule has 1 atom stereocenters. The molecule has 0 saturated carbocycles. The first kappa shape index (κ1) is 15.8. The number of ether oxygens (including phenoxy) is 1. The van der Waals surface area contributed by atoms with Gasteiger partial charge in [0.2, 0.25) is 5.91 Å². The molecule has 0 saturated heterocycles. The van der Waals surface area contributed by atoms with Crippen molar-refractivity contribution >= 4 is 11.9 Å². The molecule has 0 radical (unpaired) electrons. The maximum Gasteiger partial charge on any atom is 0.307 e. The Hall–Kier alpha value is -2.63. The van der Waals surface area contributed by atoms with Gasteiger partial charge < -0.3 is 14.6 Å². The average molecular weight is 301 g/mol. The minimum Gasteiger partial charge on any atom is -0.469 e. The van der Waals surface area contributed by atoms with Crippen LogP contribution in [0.5, 0.6) is 0 Å². The smallest absolute Gasteiger partial charge is 0.307 e. The van der Waals surface area contributed by atoms with Crippen LogP contribution in [0.15, 0.2) is 49.1 Å². The van der Waals surface area contributed by atoms with Crippen LogP contribution >= 0.6 is 0 Å². The van der Waals surface area contributed by atoms with Crippen molar-refractivity contribution in [2.75, 3.05) is 7.11 Å². The zero-order chi connectivity index (χ0) is 15.8. The molecule has 6 heteroatoms. The molecule has 1 amide bonds. The highest BCUT2D eigenvalue weighted by molar-refractivity contribution is 5.78. The summed E-state index contributed by atoms with van der Waals surface area (Å²) in [6.45, 7) is 0.547. The number of hydrogen-bond donors (Lipinski definition) is 1. The van der Waals surface area contributed by atoms with E-state index in [2.05, 4.69) is 10.3 Å². The summed E-state index contributed by atoms with van der Waals surface area (Å²) in [5.74, 6) is -0.477. The Balaban J connectivity index is 1.96. The Morgan fingerprint density at radius 2 is 2.09 bits per heavy atom. The molecule has 22 heavy (non-hydrogen) atoms. The van der Waals surface area contributed by atoms with Crippen molar-refractivity contribution in [2.24, 2.45) is 0 Å². The van der Waals surface area contributed by atoms with Gasteiger partial charge in [0.25, 0.3) is 0 Å².